The van der Waals surface area contributed by atoms with Gasteiger partial charge in [-0.2, -0.15) is 0 Å². The summed E-state index contributed by atoms with van der Waals surface area (Å²) in [5, 5.41) is 0. The van der Waals surface area contributed by atoms with Crippen LogP contribution in [0.5, 0.6) is 0 Å². The van der Waals surface area contributed by atoms with Crippen molar-refractivity contribution >= 4 is 21.7 Å². The first-order valence-electron chi connectivity index (χ1n) is 10.1. The van der Waals surface area contributed by atoms with E-state index in [-0.39, 0.29) is 24.5 Å². The lowest BCUT2D eigenvalue weighted by molar-refractivity contribution is 0.0975. The molecule has 0 N–H and O–H groups in total. The van der Waals surface area contributed by atoms with Crippen molar-refractivity contribution in [3.8, 4) is 0 Å². The fraction of sp³-hybridized carbons (Fsp3) is 0.348. The predicted octanol–water partition coefficient (Wildman–Crippen LogP) is 6.61. The van der Waals surface area contributed by atoms with Gasteiger partial charge in [-0.3, -0.25) is 9.36 Å². The number of hydrogen-bond donors (Lipinski definition) is 0. The summed E-state index contributed by atoms with van der Waals surface area (Å²) >= 11 is 0. The summed E-state index contributed by atoms with van der Waals surface area (Å²) in [5.41, 5.74) is 1.46. The largest absolute Gasteiger partial charge is 0.539 e. The van der Waals surface area contributed by atoms with Crippen LogP contribution in [-0.4, -0.2) is 27.3 Å². The molecule has 162 valence electrons. The van der Waals surface area contributed by atoms with Crippen molar-refractivity contribution in [2.75, 3.05) is 13.2 Å². The molecule has 0 fully saturated rings. The Kier molecular flexibility index (Phi) is 8.80. The van der Waals surface area contributed by atoms with Crippen molar-refractivity contribution in [2.45, 2.75) is 39.4 Å². The molecule has 1 atom stereocenters. The number of benzene rings is 2. The second kappa shape index (κ2) is 10.9. The van der Waals surface area contributed by atoms with Crippen LogP contribution in [0.15, 0.2) is 72.2 Å². The number of Topliss-reactive ketones (excluding diaryl/α,β-unsaturated/α-hetero) is 1. The SMILES string of the molecule is CCOP(=O)(OCC)/C(=C/C(C(=O)c1ccccc1)c1ccccc1)O[Si](C)(C)C. The van der Waals surface area contributed by atoms with Crippen LogP contribution in [0.1, 0.15) is 35.7 Å². The summed E-state index contributed by atoms with van der Waals surface area (Å²) in [6.45, 7) is 9.86. The number of ketones is 1. The minimum Gasteiger partial charge on any atom is -0.539 e. The zero-order chi connectivity index (χ0) is 22.2. The Morgan fingerprint density at radius 1 is 0.933 bits per heavy atom. The first-order valence-corrected chi connectivity index (χ1v) is 15.1. The number of rotatable bonds is 11. The second-order valence-electron chi connectivity index (χ2n) is 7.67. The minimum absolute atomic E-state index is 0.113. The van der Waals surface area contributed by atoms with Crippen molar-refractivity contribution < 1.29 is 22.8 Å². The van der Waals surface area contributed by atoms with Gasteiger partial charge in [0.1, 0.15) is 0 Å². The van der Waals surface area contributed by atoms with Gasteiger partial charge in [-0.25, -0.2) is 0 Å². The van der Waals surface area contributed by atoms with Gasteiger partial charge in [-0.05, 0) is 45.1 Å². The molecule has 0 radical (unpaired) electrons. The van der Waals surface area contributed by atoms with Gasteiger partial charge in [-0.1, -0.05) is 60.7 Å². The topological polar surface area (TPSA) is 61.8 Å². The molecule has 0 spiro atoms. The quantitative estimate of drug-likeness (QED) is 0.168. The summed E-state index contributed by atoms with van der Waals surface area (Å²) in [6, 6.07) is 18.4. The summed E-state index contributed by atoms with van der Waals surface area (Å²) in [5.74, 6) is -0.799. The molecule has 1 unspecified atom stereocenters. The second-order valence-corrected chi connectivity index (χ2v) is 14.1. The normalized spacial score (nSPS) is 13.7. The highest BCUT2D eigenvalue weighted by Crippen LogP contribution is 2.57. The van der Waals surface area contributed by atoms with Gasteiger partial charge in [0.2, 0.25) is 8.32 Å². The highest BCUT2D eigenvalue weighted by Gasteiger charge is 2.37. The van der Waals surface area contributed by atoms with E-state index in [0.29, 0.717) is 5.56 Å². The Labute approximate surface area is 180 Å². The van der Waals surface area contributed by atoms with E-state index in [1.807, 2.05) is 68.2 Å². The maximum atomic E-state index is 13.6. The Hall–Kier alpha value is -1.98. The molecule has 7 heteroatoms. The van der Waals surface area contributed by atoms with E-state index in [1.54, 1.807) is 32.1 Å². The molecule has 0 bridgehead atoms. The highest BCUT2D eigenvalue weighted by molar-refractivity contribution is 7.58. The fourth-order valence-corrected chi connectivity index (χ4v) is 6.21. The maximum absolute atomic E-state index is 13.6. The minimum atomic E-state index is -3.71. The molecule has 0 aliphatic carbocycles. The zero-order valence-corrected chi connectivity index (χ0v) is 20.2. The van der Waals surface area contributed by atoms with Crippen LogP contribution in [0.25, 0.3) is 0 Å². The van der Waals surface area contributed by atoms with E-state index >= 15 is 0 Å². The number of hydrogen-bond acceptors (Lipinski definition) is 5. The monoisotopic (exact) mass is 446 g/mol. The summed E-state index contributed by atoms with van der Waals surface area (Å²) in [7, 11) is -5.89. The van der Waals surface area contributed by atoms with Gasteiger partial charge < -0.3 is 13.5 Å². The molecule has 0 aliphatic heterocycles. The van der Waals surface area contributed by atoms with Crippen LogP contribution >= 0.6 is 7.60 Å². The summed E-state index contributed by atoms with van der Waals surface area (Å²) in [4.78, 5) is 13.4. The van der Waals surface area contributed by atoms with E-state index in [0.717, 1.165) is 5.56 Å². The number of allylic oxidation sites excluding steroid dienone is 1. The predicted molar refractivity (Wildman–Crippen MR) is 123 cm³/mol. The highest BCUT2D eigenvalue weighted by atomic mass is 31.2. The fourth-order valence-electron chi connectivity index (χ4n) is 2.91. The van der Waals surface area contributed by atoms with Gasteiger partial charge >= 0.3 is 7.60 Å². The van der Waals surface area contributed by atoms with Crippen LogP contribution in [0.2, 0.25) is 19.6 Å². The van der Waals surface area contributed by atoms with Crippen molar-refractivity contribution in [1.29, 1.82) is 0 Å². The maximum Gasteiger partial charge on any atom is 0.393 e. The first-order chi connectivity index (χ1) is 14.2. The van der Waals surface area contributed by atoms with Gasteiger partial charge in [0.05, 0.1) is 19.1 Å². The molecule has 30 heavy (non-hydrogen) atoms. The Bertz CT molecular complexity index is 881. The van der Waals surface area contributed by atoms with Crippen molar-refractivity contribution in [3.63, 3.8) is 0 Å². The Morgan fingerprint density at radius 3 is 1.90 bits per heavy atom. The van der Waals surface area contributed by atoms with Crippen LogP contribution in [-0.2, 0) is 18.0 Å². The zero-order valence-electron chi connectivity index (χ0n) is 18.3. The molecule has 0 saturated heterocycles. The Morgan fingerprint density at radius 2 is 1.43 bits per heavy atom. The molecule has 5 nitrogen and oxygen atoms in total. The van der Waals surface area contributed by atoms with Crippen LogP contribution in [0.4, 0.5) is 0 Å². The smallest absolute Gasteiger partial charge is 0.393 e. The van der Waals surface area contributed by atoms with E-state index in [9.17, 15) is 9.36 Å². The molecule has 0 aliphatic rings. The van der Waals surface area contributed by atoms with Crippen LogP contribution in [0, 0.1) is 0 Å². The van der Waals surface area contributed by atoms with Crippen molar-refractivity contribution in [3.05, 3.63) is 83.4 Å². The molecular weight excluding hydrogens is 415 g/mol. The molecule has 2 aromatic carbocycles. The van der Waals surface area contributed by atoms with Gasteiger partial charge in [0, 0.05) is 5.56 Å². The van der Waals surface area contributed by atoms with Crippen molar-refractivity contribution in [2.24, 2.45) is 0 Å². The molecule has 0 aromatic heterocycles. The molecule has 0 heterocycles. The number of carbonyl (C=O) groups is 1. The lowest BCUT2D eigenvalue weighted by Gasteiger charge is -2.28. The molecule has 2 aromatic rings. The standard InChI is InChI=1S/C23H31O5PSi/c1-6-26-29(25,27-7-2)22(28-30(3,4)5)18-21(19-14-10-8-11-15-19)23(24)20-16-12-9-13-17-20/h8-18,21H,6-7H2,1-5H3/b22-18+. The molecule has 2 rings (SSSR count). The van der Waals surface area contributed by atoms with Crippen LogP contribution in [0.3, 0.4) is 0 Å². The molecular formula is C23H31O5PSi. The first kappa shape index (κ1) is 24.3. The number of carbonyl (C=O) groups excluding carboxylic acids is 1. The third kappa shape index (κ3) is 6.78. The summed E-state index contributed by atoms with van der Waals surface area (Å²) in [6.07, 6.45) is 1.62. The lowest BCUT2D eigenvalue weighted by Crippen LogP contribution is -2.26. The molecule has 0 amide bonds. The third-order valence-corrected chi connectivity index (χ3v) is 7.07. The summed E-state index contributed by atoms with van der Waals surface area (Å²) < 4.78 is 30.9. The van der Waals surface area contributed by atoms with Crippen LogP contribution < -0.4 is 0 Å². The average molecular weight is 447 g/mol. The van der Waals surface area contributed by atoms with E-state index in [2.05, 4.69) is 0 Å². The van der Waals surface area contributed by atoms with E-state index in [4.69, 9.17) is 13.5 Å². The molecule has 0 saturated carbocycles. The van der Waals surface area contributed by atoms with E-state index < -0.39 is 21.8 Å². The lowest BCUT2D eigenvalue weighted by atomic mass is 9.91. The van der Waals surface area contributed by atoms with E-state index in [1.165, 1.54) is 0 Å². The average Bonchev–Trinajstić information content (AvgIpc) is 2.71. The van der Waals surface area contributed by atoms with Crippen molar-refractivity contribution in [1.82, 2.24) is 0 Å². The van der Waals surface area contributed by atoms with Gasteiger partial charge in [-0.15, -0.1) is 0 Å². The Balaban J connectivity index is 2.64. The van der Waals surface area contributed by atoms with Gasteiger partial charge in [0.15, 0.2) is 11.3 Å². The van der Waals surface area contributed by atoms with Gasteiger partial charge in [0.25, 0.3) is 0 Å². The third-order valence-electron chi connectivity index (χ3n) is 4.09.